The molecule has 1 amide bonds. The van der Waals surface area contributed by atoms with E-state index >= 15 is 0 Å². The van der Waals surface area contributed by atoms with E-state index in [9.17, 15) is 9.59 Å². The van der Waals surface area contributed by atoms with E-state index < -0.39 is 6.04 Å². The zero-order chi connectivity index (χ0) is 24.9. The third kappa shape index (κ3) is 4.73. The standard InChI is InChI=1S/C27H32N4O4/c1-5-21(26(32)28-15-14-18-12-13-23(34-6-2)24(16-18)35-7-3)31-22-11-9-8-10-19(22)20-17-29-30(4)27(33)25(20)31/h8-13,16-17,21H,5-7,14-15H2,1-4H3,(H,28,32). The smallest absolute Gasteiger partial charge is 0.291 e. The minimum atomic E-state index is -0.521. The van der Waals surface area contributed by atoms with Crippen LogP contribution in [0.3, 0.4) is 0 Å². The van der Waals surface area contributed by atoms with Crippen molar-refractivity contribution in [2.45, 2.75) is 39.7 Å². The van der Waals surface area contributed by atoms with E-state index in [0.29, 0.717) is 43.9 Å². The van der Waals surface area contributed by atoms with Gasteiger partial charge in [0.1, 0.15) is 11.6 Å². The fourth-order valence-corrected chi connectivity index (χ4v) is 4.50. The predicted octanol–water partition coefficient (Wildman–Crippen LogP) is 4.00. The molecule has 0 radical (unpaired) electrons. The number of carbonyl (C=O) groups excluding carboxylic acids is 1. The van der Waals surface area contributed by atoms with Gasteiger partial charge >= 0.3 is 0 Å². The van der Waals surface area contributed by atoms with Crippen molar-refractivity contribution >= 4 is 27.7 Å². The molecule has 4 rings (SSSR count). The number of ether oxygens (including phenoxy) is 2. The van der Waals surface area contributed by atoms with E-state index in [1.165, 1.54) is 4.68 Å². The molecule has 4 aromatic rings. The number of hydrogen-bond donors (Lipinski definition) is 1. The maximum atomic E-state index is 13.4. The summed E-state index contributed by atoms with van der Waals surface area (Å²) >= 11 is 0. The van der Waals surface area contributed by atoms with E-state index in [4.69, 9.17) is 9.47 Å². The minimum absolute atomic E-state index is 0.120. The van der Waals surface area contributed by atoms with Gasteiger partial charge in [-0.05, 0) is 50.5 Å². The SMILES string of the molecule is CCOc1ccc(CCNC(=O)C(CC)n2c3ccccc3c3cnn(C)c(=O)c32)cc1OCC. The van der Waals surface area contributed by atoms with Crippen molar-refractivity contribution < 1.29 is 14.3 Å². The third-order valence-electron chi connectivity index (χ3n) is 6.13. The van der Waals surface area contributed by atoms with Crippen LogP contribution in [0, 0.1) is 0 Å². The highest BCUT2D eigenvalue weighted by molar-refractivity contribution is 6.08. The Balaban J connectivity index is 1.58. The molecule has 35 heavy (non-hydrogen) atoms. The van der Waals surface area contributed by atoms with Crippen LogP contribution < -0.4 is 20.3 Å². The second-order valence-electron chi connectivity index (χ2n) is 8.33. The van der Waals surface area contributed by atoms with Gasteiger partial charge in [-0.15, -0.1) is 0 Å². The van der Waals surface area contributed by atoms with Gasteiger partial charge in [0.2, 0.25) is 5.91 Å². The lowest BCUT2D eigenvalue weighted by Crippen LogP contribution is -2.34. The molecule has 1 N–H and O–H groups in total. The van der Waals surface area contributed by atoms with Gasteiger partial charge in [0.25, 0.3) is 5.56 Å². The molecule has 2 aromatic heterocycles. The van der Waals surface area contributed by atoms with Crippen molar-refractivity contribution in [1.29, 1.82) is 0 Å². The lowest BCUT2D eigenvalue weighted by Gasteiger charge is -2.19. The monoisotopic (exact) mass is 476 g/mol. The molecule has 1 atom stereocenters. The van der Waals surface area contributed by atoms with Crippen LogP contribution in [0.25, 0.3) is 21.8 Å². The summed E-state index contributed by atoms with van der Waals surface area (Å²) in [5, 5.41) is 8.93. The number of aryl methyl sites for hydroxylation is 1. The van der Waals surface area contributed by atoms with Gasteiger partial charge in [0.15, 0.2) is 11.5 Å². The zero-order valence-electron chi connectivity index (χ0n) is 20.7. The second-order valence-corrected chi connectivity index (χ2v) is 8.33. The Morgan fingerprint density at radius 2 is 1.77 bits per heavy atom. The van der Waals surface area contributed by atoms with Gasteiger partial charge in [-0.25, -0.2) is 4.68 Å². The van der Waals surface area contributed by atoms with Crippen molar-refractivity contribution in [3.05, 3.63) is 64.6 Å². The van der Waals surface area contributed by atoms with Crippen LogP contribution in [0.1, 0.15) is 38.8 Å². The largest absolute Gasteiger partial charge is 0.490 e. The summed E-state index contributed by atoms with van der Waals surface area (Å²) < 4.78 is 14.5. The average molecular weight is 477 g/mol. The number of carbonyl (C=O) groups is 1. The molecule has 184 valence electrons. The number of para-hydroxylation sites is 1. The van der Waals surface area contributed by atoms with Crippen LogP contribution in [-0.2, 0) is 18.3 Å². The Hall–Kier alpha value is -3.81. The Morgan fingerprint density at radius 3 is 2.51 bits per heavy atom. The van der Waals surface area contributed by atoms with Crippen molar-refractivity contribution in [1.82, 2.24) is 19.7 Å². The summed E-state index contributed by atoms with van der Waals surface area (Å²) in [4.78, 5) is 26.4. The molecule has 0 fully saturated rings. The lowest BCUT2D eigenvalue weighted by molar-refractivity contribution is -0.124. The van der Waals surface area contributed by atoms with E-state index in [1.54, 1.807) is 13.2 Å². The average Bonchev–Trinajstić information content (AvgIpc) is 3.19. The number of nitrogens with one attached hydrogen (secondary N) is 1. The number of aromatic nitrogens is 3. The summed E-state index contributed by atoms with van der Waals surface area (Å²) in [6, 6.07) is 13.1. The Morgan fingerprint density at radius 1 is 1.03 bits per heavy atom. The number of fused-ring (bicyclic) bond motifs is 3. The van der Waals surface area contributed by atoms with E-state index in [0.717, 1.165) is 27.6 Å². The van der Waals surface area contributed by atoms with Crippen LogP contribution in [0.2, 0.25) is 0 Å². The van der Waals surface area contributed by atoms with Gasteiger partial charge in [-0.2, -0.15) is 5.10 Å². The molecule has 8 heteroatoms. The van der Waals surface area contributed by atoms with Crippen LogP contribution in [0.4, 0.5) is 0 Å². The molecule has 0 spiro atoms. The molecule has 2 aromatic carbocycles. The molecule has 0 saturated heterocycles. The highest BCUT2D eigenvalue weighted by Crippen LogP contribution is 2.31. The first kappa shape index (κ1) is 24.3. The quantitative estimate of drug-likeness (QED) is 0.374. The van der Waals surface area contributed by atoms with Gasteiger partial charge in [0, 0.05) is 24.4 Å². The maximum absolute atomic E-state index is 13.4. The van der Waals surface area contributed by atoms with Crippen LogP contribution in [-0.4, -0.2) is 40.0 Å². The first-order valence-corrected chi connectivity index (χ1v) is 12.1. The number of nitrogens with zero attached hydrogens (tertiary/aromatic N) is 3. The van der Waals surface area contributed by atoms with E-state index in [1.807, 2.05) is 67.8 Å². The molecule has 0 saturated carbocycles. The van der Waals surface area contributed by atoms with E-state index in [2.05, 4.69) is 10.4 Å². The maximum Gasteiger partial charge on any atom is 0.291 e. The molecule has 0 aliphatic carbocycles. The fourth-order valence-electron chi connectivity index (χ4n) is 4.50. The highest BCUT2D eigenvalue weighted by Gasteiger charge is 2.25. The number of amides is 1. The summed E-state index contributed by atoms with van der Waals surface area (Å²) in [6.07, 6.45) is 2.89. The van der Waals surface area contributed by atoms with Crippen LogP contribution >= 0.6 is 0 Å². The Bertz CT molecular complexity index is 1410. The van der Waals surface area contributed by atoms with Gasteiger partial charge < -0.3 is 19.4 Å². The van der Waals surface area contributed by atoms with Gasteiger partial charge in [-0.1, -0.05) is 31.2 Å². The topological polar surface area (TPSA) is 87.4 Å². The number of rotatable bonds is 10. The summed E-state index contributed by atoms with van der Waals surface area (Å²) in [7, 11) is 1.62. The zero-order valence-corrected chi connectivity index (χ0v) is 20.7. The van der Waals surface area contributed by atoms with E-state index in [-0.39, 0.29) is 11.5 Å². The third-order valence-corrected chi connectivity index (χ3v) is 6.13. The molecule has 8 nitrogen and oxygen atoms in total. The Kier molecular flexibility index (Phi) is 7.39. The van der Waals surface area contributed by atoms with Gasteiger partial charge in [-0.3, -0.25) is 9.59 Å². The highest BCUT2D eigenvalue weighted by atomic mass is 16.5. The fraction of sp³-hybridized carbons (Fsp3) is 0.370. The summed E-state index contributed by atoms with van der Waals surface area (Å²) in [5.41, 5.74) is 2.17. The molecule has 0 aliphatic rings. The minimum Gasteiger partial charge on any atom is -0.490 e. The molecule has 0 aliphatic heterocycles. The summed E-state index contributed by atoms with van der Waals surface area (Å²) in [5.74, 6) is 1.31. The predicted molar refractivity (Wildman–Crippen MR) is 137 cm³/mol. The van der Waals surface area contributed by atoms with Crippen molar-refractivity contribution in [2.24, 2.45) is 7.05 Å². The first-order valence-electron chi connectivity index (χ1n) is 12.1. The van der Waals surface area contributed by atoms with Crippen molar-refractivity contribution in [2.75, 3.05) is 19.8 Å². The molecular formula is C27H32N4O4. The first-order chi connectivity index (χ1) is 17.0. The van der Waals surface area contributed by atoms with Crippen molar-refractivity contribution in [3.8, 4) is 11.5 Å². The Labute approximate surface area is 204 Å². The second kappa shape index (κ2) is 10.6. The number of hydrogen-bond acceptors (Lipinski definition) is 5. The molecule has 0 bridgehead atoms. The molecule has 1 unspecified atom stereocenters. The normalized spacial score (nSPS) is 12.1. The van der Waals surface area contributed by atoms with Gasteiger partial charge in [0.05, 0.1) is 24.9 Å². The van der Waals surface area contributed by atoms with Crippen LogP contribution in [0.5, 0.6) is 11.5 Å². The summed E-state index contributed by atoms with van der Waals surface area (Å²) in [6.45, 7) is 7.41. The molecule has 2 heterocycles. The number of benzene rings is 2. The van der Waals surface area contributed by atoms with Crippen molar-refractivity contribution in [3.63, 3.8) is 0 Å². The molecular weight excluding hydrogens is 444 g/mol. The lowest BCUT2D eigenvalue weighted by atomic mass is 10.1. The van der Waals surface area contributed by atoms with Crippen LogP contribution in [0.15, 0.2) is 53.5 Å².